The lowest BCUT2D eigenvalue weighted by atomic mass is 9.76. The largest absolute Gasteiger partial charge is 0.545 e. The van der Waals surface area contributed by atoms with Crippen molar-refractivity contribution < 1.29 is 9.90 Å². The predicted octanol–water partition coefficient (Wildman–Crippen LogP) is 2.84. The highest BCUT2D eigenvalue weighted by atomic mass is 35.5. The van der Waals surface area contributed by atoms with Gasteiger partial charge in [-0.2, -0.15) is 0 Å². The predicted molar refractivity (Wildman–Crippen MR) is 74.0 cm³/mol. The zero-order chi connectivity index (χ0) is 14.0. The Balaban J connectivity index is 2.63. The number of benzene rings is 2. The summed E-state index contributed by atoms with van der Waals surface area (Å²) in [6, 6.07) is 14.1. The van der Waals surface area contributed by atoms with E-state index >= 15 is 0 Å². The van der Waals surface area contributed by atoms with Gasteiger partial charge >= 0.3 is 0 Å². The number of carboxylic acids is 1. The van der Waals surface area contributed by atoms with E-state index in [1.165, 1.54) is 12.1 Å². The van der Waals surface area contributed by atoms with Gasteiger partial charge in [0.15, 0.2) is 5.41 Å². The maximum atomic E-state index is 11.2. The Bertz CT molecular complexity index is 603. The van der Waals surface area contributed by atoms with Crippen LogP contribution in [-0.2, 0) is 5.41 Å². The van der Waals surface area contributed by atoms with Crippen molar-refractivity contribution in [3.63, 3.8) is 0 Å². The summed E-state index contributed by atoms with van der Waals surface area (Å²) in [5.74, 6) is -1.22. The molecule has 1 atom stereocenters. The molecule has 0 aliphatic heterocycles. The first-order valence-corrected chi connectivity index (χ1v) is 6.23. The molecule has 0 aromatic heterocycles. The molecule has 0 spiro atoms. The van der Waals surface area contributed by atoms with Crippen LogP contribution in [0.25, 0.3) is 0 Å². The lowest BCUT2D eigenvalue weighted by Gasteiger charge is -2.23. The molecular formula is C16H13ClO2. The minimum atomic E-state index is -1.22. The Morgan fingerprint density at radius 2 is 1.84 bits per heavy atom. The summed E-state index contributed by atoms with van der Waals surface area (Å²) in [6.45, 7) is 6.01. The van der Waals surface area contributed by atoms with Crippen molar-refractivity contribution in [3.05, 3.63) is 77.2 Å². The van der Waals surface area contributed by atoms with Crippen LogP contribution in [0, 0.1) is 6.92 Å². The minimum absolute atomic E-state index is 0.116. The fourth-order valence-corrected chi connectivity index (χ4v) is 2.28. The van der Waals surface area contributed by atoms with E-state index < -0.39 is 11.4 Å². The second kappa shape index (κ2) is 4.98. The Kier molecular flexibility index (Phi) is 3.54. The second-order valence-corrected chi connectivity index (χ2v) is 5.11. The van der Waals surface area contributed by atoms with Crippen LogP contribution in [0.3, 0.4) is 0 Å². The summed E-state index contributed by atoms with van der Waals surface area (Å²) in [4.78, 5) is 11.2. The van der Waals surface area contributed by atoms with Crippen LogP contribution < -0.4 is 5.11 Å². The average Bonchev–Trinajstić information content (AvgIpc) is 2.39. The number of halogens is 1. The van der Waals surface area contributed by atoms with Gasteiger partial charge in [-0.3, -0.25) is 0 Å². The standard InChI is InChI=1S/C16H13ClO2/c1-16(2,11-6-4-3-5-7-11)14-10-12(17)8-9-13(14)15(18)19/h3-10H,1H2,2H3. The Morgan fingerprint density at radius 3 is 2.42 bits per heavy atom. The Hall–Kier alpha value is -1.93. The first-order valence-electron chi connectivity index (χ1n) is 5.85. The van der Waals surface area contributed by atoms with Crippen LogP contribution in [0.15, 0.2) is 48.5 Å². The van der Waals surface area contributed by atoms with Crippen LogP contribution >= 0.6 is 11.6 Å². The van der Waals surface area contributed by atoms with Gasteiger partial charge in [0.2, 0.25) is 0 Å². The van der Waals surface area contributed by atoms with Gasteiger partial charge < -0.3 is 9.90 Å². The molecule has 0 saturated carbocycles. The van der Waals surface area contributed by atoms with Crippen molar-refractivity contribution in [2.75, 3.05) is 0 Å². The molecule has 0 N–H and O–H groups in total. The normalized spacial score (nSPS) is 13.8. The summed E-state index contributed by atoms with van der Waals surface area (Å²) in [7, 11) is 0. The monoisotopic (exact) mass is 272 g/mol. The zero-order valence-electron chi connectivity index (χ0n) is 10.5. The molecule has 19 heavy (non-hydrogen) atoms. The van der Waals surface area contributed by atoms with Crippen LogP contribution in [0.2, 0.25) is 5.02 Å². The van der Waals surface area contributed by atoms with Gasteiger partial charge in [0.1, 0.15) is 0 Å². The highest BCUT2D eigenvalue weighted by Gasteiger charge is 2.33. The van der Waals surface area contributed by atoms with Gasteiger partial charge in [0, 0.05) is 21.7 Å². The van der Waals surface area contributed by atoms with E-state index in [1.54, 1.807) is 6.07 Å². The van der Waals surface area contributed by atoms with Gasteiger partial charge in [-0.15, -0.1) is 0 Å². The first kappa shape index (κ1) is 13.5. The molecule has 2 aromatic rings. The van der Waals surface area contributed by atoms with E-state index in [1.807, 2.05) is 37.3 Å². The van der Waals surface area contributed by atoms with E-state index in [9.17, 15) is 9.90 Å². The smallest absolute Gasteiger partial charge is 0.153 e. The van der Waals surface area contributed by atoms with E-state index in [-0.39, 0.29) is 5.56 Å². The summed E-state index contributed by atoms with van der Waals surface area (Å²) < 4.78 is 0. The molecule has 96 valence electrons. The highest BCUT2D eigenvalue weighted by molar-refractivity contribution is 6.30. The molecular weight excluding hydrogens is 260 g/mol. The minimum Gasteiger partial charge on any atom is -0.545 e. The fourth-order valence-electron chi connectivity index (χ4n) is 2.11. The molecule has 0 heterocycles. The Morgan fingerprint density at radius 1 is 1.21 bits per heavy atom. The van der Waals surface area contributed by atoms with Gasteiger partial charge in [-0.1, -0.05) is 48.0 Å². The van der Waals surface area contributed by atoms with E-state index in [0.29, 0.717) is 10.6 Å². The Labute approximate surface area is 117 Å². The number of carboxylic acid groups (broad SMARTS) is 1. The van der Waals surface area contributed by atoms with Crippen LogP contribution in [0.4, 0.5) is 0 Å². The lowest BCUT2D eigenvalue weighted by Crippen LogP contribution is -2.29. The maximum absolute atomic E-state index is 11.2. The molecule has 0 aliphatic rings. The quantitative estimate of drug-likeness (QED) is 0.806. The lowest BCUT2D eigenvalue weighted by molar-refractivity contribution is -0.255. The second-order valence-electron chi connectivity index (χ2n) is 4.68. The van der Waals surface area contributed by atoms with Gasteiger partial charge in [-0.05, 0) is 19.1 Å². The number of carbonyl (C=O) groups excluding carboxylic acids is 1. The van der Waals surface area contributed by atoms with Crippen molar-refractivity contribution in [2.45, 2.75) is 12.3 Å². The molecule has 2 nitrogen and oxygen atoms in total. The van der Waals surface area contributed by atoms with Crippen LogP contribution in [0.5, 0.6) is 0 Å². The molecule has 0 bridgehead atoms. The molecule has 2 rings (SSSR count). The fraction of sp³-hybridized carbons (Fsp3) is 0.125. The summed E-state index contributed by atoms with van der Waals surface area (Å²) in [5, 5.41) is 11.7. The first-order chi connectivity index (χ1) is 8.93. The third kappa shape index (κ3) is 2.59. The number of hydrogen-bond acceptors (Lipinski definition) is 2. The molecule has 0 saturated heterocycles. The summed E-state index contributed by atoms with van der Waals surface area (Å²) in [6.07, 6.45) is 0. The van der Waals surface area contributed by atoms with E-state index in [4.69, 9.17) is 11.6 Å². The molecule has 2 aromatic carbocycles. The molecule has 3 heteroatoms. The number of hydrogen-bond donors (Lipinski definition) is 0. The third-order valence-corrected chi connectivity index (χ3v) is 3.44. The molecule has 0 radical (unpaired) electrons. The topological polar surface area (TPSA) is 40.1 Å². The number of aromatic carboxylic acids is 1. The average molecular weight is 273 g/mol. The molecule has 0 aliphatic carbocycles. The summed E-state index contributed by atoms with van der Waals surface area (Å²) in [5.41, 5.74) is 0.874. The van der Waals surface area contributed by atoms with Gasteiger partial charge in [-0.25, -0.2) is 0 Å². The van der Waals surface area contributed by atoms with Gasteiger partial charge in [0.25, 0.3) is 0 Å². The van der Waals surface area contributed by atoms with Crippen LogP contribution in [0.1, 0.15) is 28.4 Å². The van der Waals surface area contributed by atoms with Crippen LogP contribution in [-0.4, -0.2) is 5.97 Å². The SMILES string of the molecule is [CH2+]C(C)(c1ccccc1)c1cc(Cl)ccc1C(=O)[O-]. The van der Waals surface area contributed by atoms with Crippen molar-refractivity contribution in [2.24, 2.45) is 0 Å². The molecule has 0 fully saturated rings. The maximum Gasteiger partial charge on any atom is 0.153 e. The van der Waals surface area contributed by atoms with E-state index in [2.05, 4.69) is 6.92 Å². The summed E-state index contributed by atoms with van der Waals surface area (Å²) >= 11 is 5.97. The van der Waals surface area contributed by atoms with Gasteiger partial charge in [0.05, 0.1) is 12.9 Å². The van der Waals surface area contributed by atoms with Crippen molar-refractivity contribution in [3.8, 4) is 0 Å². The van der Waals surface area contributed by atoms with E-state index in [0.717, 1.165) is 5.56 Å². The highest BCUT2D eigenvalue weighted by Crippen LogP contribution is 2.34. The molecule has 1 unspecified atom stereocenters. The number of carbonyl (C=O) groups is 1. The third-order valence-electron chi connectivity index (χ3n) is 3.21. The number of rotatable bonds is 3. The van der Waals surface area contributed by atoms with Crippen molar-refractivity contribution >= 4 is 17.6 Å². The molecule has 0 amide bonds. The zero-order valence-corrected chi connectivity index (χ0v) is 11.3. The van der Waals surface area contributed by atoms with Crippen molar-refractivity contribution in [1.82, 2.24) is 0 Å². The van der Waals surface area contributed by atoms with Crippen molar-refractivity contribution in [1.29, 1.82) is 0 Å².